The summed E-state index contributed by atoms with van der Waals surface area (Å²) in [6.07, 6.45) is 1.77. The predicted octanol–water partition coefficient (Wildman–Crippen LogP) is 2.82. The number of para-hydroxylation sites is 1. The van der Waals surface area contributed by atoms with Gasteiger partial charge in [0.25, 0.3) is 5.56 Å². The average molecular weight is 340 g/mol. The second-order valence-corrected chi connectivity index (χ2v) is 7.24. The highest BCUT2D eigenvalue weighted by atomic mass is 32.1. The fourth-order valence-corrected chi connectivity index (χ4v) is 4.30. The van der Waals surface area contributed by atoms with Gasteiger partial charge in [0, 0.05) is 20.0 Å². The molecule has 0 bridgehead atoms. The summed E-state index contributed by atoms with van der Waals surface area (Å²) < 4.78 is 2.85. The first-order chi connectivity index (χ1) is 11.6. The molecule has 2 aromatic heterocycles. The quantitative estimate of drug-likeness (QED) is 0.720. The van der Waals surface area contributed by atoms with Crippen LogP contribution in [0.4, 0.5) is 5.13 Å². The Labute approximate surface area is 144 Å². The molecule has 0 amide bonds. The van der Waals surface area contributed by atoms with Gasteiger partial charge >= 0.3 is 0 Å². The molecule has 0 aliphatic carbocycles. The highest BCUT2D eigenvalue weighted by Crippen LogP contribution is 2.32. The second kappa shape index (κ2) is 5.70. The van der Waals surface area contributed by atoms with E-state index < -0.39 is 0 Å². The number of hydrogen-bond acceptors (Lipinski definition) is 5. The minimum atomic E-state index is 0.0672. The molecule has 6 heteroatoms. The molecule has 0 fully saturated rings. The van der Waals surface area contributed by atoms with Crippen molar-refractivity contribution in [3.63, 3.8) is 0 Å². The van der Waals surface area contributed by atoms with Gasteiger partial charge in [-0.1, -0.05) is 30.4 Å². The molecule has 5 nitrogen and oxygen atoms in total. The van der Waals surface area contributed by atoms with Crippen molar-refractivity contribution < 1.29 is 0 Å². The Morgan fingerprint density at radius 2 is 2.12 bits per heavy atom. The van der Waals surface area contributed by atoms with Crippen LogP contribution in [-0.2, 0) is 26.4 Å². The first-order valence-electron chi connectivity index (χ1n) is 8.27. The first-order valence-corrected chi connectivity index (χ1v) is 9.09. The molecule has 4 rings (SSSR count). The lowest BCUT2D eigenvalue weighted by molar-refractivity contribution is 0.654. The molecule has 0 unspecified atom stereocenters. The van der Waals surface area contributed by atoms with Crippen molar-refractivity contribution in [2.24, 2.45) is 7.05 Å². The average Bonchev–Trinajstić information content (AvgIpc) is 3.03. The van der Waals surface area contributed by atoms with Gasteiger partial charge in [-0.05, 0) is 25.0 Å². The zero-order chi connectivity index (χ0) is 16.8. The Morgan fingerprint density at radius 3 is 2.92 bits per heavy atom. The van der Waals surface area contributed by atoms with E-state index >= 15 is 0 Å². The molecular weight excluding hydrogens is 320 g/mol. The lowest BCUT2D eigenvalue weighted by Crippen LogP contribution is -2.38. The Morgan fingerprint density at radius 1 is 1.29 bits per heavy atom. The Bertz CT molecular complexity index is 989. The number of rotatable bonds is 2. The molecule has 1 aliphatic heterocycles. The normalized spacial score (nSPS) is 14.2. The van der Waals surface area contributed by atoms with Gasteiger partial charge in [0.2, 0.25) is 0 Å². The standard InChI is InChI=1S/C18H20N4OS/c1-4-12-6-5-7-15-16(12)20-18(24-15)22-9-8-14-13(10-22)17(23)21(3)11(2)19-14/h5-7H,4,8-10H2,1-3H3. The Balaban J connectivity index is 1.75. The topological polar surface area (TPSA) is 51.0 Å². The third-order valence-electron chi connectivity index (χ3n) is 4.80. The summed E-state index contributed by atoms with van der Waals surface area (Å²) in [6.45, 7) is 5.49. The summed E-state index contributed by atoms with van der Waals surface area (Å²) in [7, 11) is 1.79. The van der Waals surface area contributed by atoms with Gasteiger partial charge in [0.15, 0.2) is 5.13 Å². The van der Waals surface area contributed by atoms with Crippen LogP contribution < -0.4 is 10.5 Å². The number of fused-ring (bicyclic) bond motifs is 2. The van der Waals surface area contributed by atoms with Crippen LogP contribution >= 0.6 is 11.3 Å². The molecule has 0 spiro atoms. The zero-order valence-electron chi connectivity index (χ0n) is 14.2. The third-order valence-corrected chi connectivity index (χ3v) is 5.88. The second-order valence-electron chi connectivity index (χ2n) is 6.23. The Kier molecular flexibility index (Phi) is 3.64. The summed E-state index contributed by atoms with van der Waals surface area (Å²) in [5, 5.41) is 0.999. The van der Waals surface area contributed by atoms with E-state index in [1.807, 2.05) is 6.92 Å². The van der Waals surface area contributed by atoms with E-state index in [4.69, 9.17) is 4.98 Å². The van der Waals surface area contributed by atoms with E-state index in [0.29, 0.717) is 6.54 Å². The van der Waals surface area contributed by atoms with Crippen LogP contribution in [0.25, 0.3) is 10.2 Å². The van der Waals surface area contributed by atoms with Crippen molar-refractivity contribution >= 4 is 26.7 Å². The maximum Gasteiger partial charge on any atom is 0.258 e. The van der Waals surface area contributed by atoms with Crippen LogP contribution in [-0.4, -0.2) is 21.1 Å². The Hall–Kier alpha value is -2.21. The zero-order valence-corrected chi connectivity index (χ0v) is 15.0. The predicted molar refractivity (Wildman–Crippen MR) is 98.0 cm³/mol. The molecule has 3 heterocycles. The molecule has 0 radical (unpaired) electrons. The minimum Gasteiger partial charge on any atom is -0.343 e. The summed E-state index contributed by atoms with van der Waals surface area (Å²) in [5.41, 5.74) is 4.20. The molecule has 124 valence electrons. The number of nitrogens with zero attached hydrogens (tertiary/aromatic N) is 4. The molecule has 0 saturated carbocycles. The maximum atomic E-state index is 12.6. The number of anilines is 1. The van der Waals surface area contributed by atoms with E-state index in [0.717, 1.165) is 47.1 Å². The van der Waals surface area contributed by atoms with Crippen molar-refractivity contribution in [3.8, 4) is 0 Å². The molecule has 0 N–H and O–H groups in total. The molecule has 3 aromatic rings. The van der Waals surface area contributed by atoms with Gasteiger partial charge in [-0.15, -0.1) is 0 Å². The largest absolute Gasteiger partial charge is 0.343 e. The highest BCUT2D eigenvalue weighted by Gasteiger charge is 2.24. The van der Waals surface area contributed by atoms with Crippen molar-refractivity contribution in [3.05, 3.63) is 51.2 Å². The number of hydrogen-bond donors (Lipinski definition) is 0. The van der Waals surface area contributed by atoms with E-state index in [1.54, 1.807) is 23.0 Å². The number of thiazole rings is 1. The van der Waals surface area contributed by atoms with E-state index in [-0.39, 0.29) is 5.56 Å². The van der Waals surface area contributed by atoms with Gasteiger partial charge in [-0.25, -0.2) is 9.97 Å². The maximum absolute atomic E-state index is 12.6. The lowest BCUT2D eigenvalue weighted by atomic mass is 10.1. The molecular formula is C18H20N4OS. The van der Waals surface area contributed by atoms with Gasteiger partial charge in [-0.3, -0.25) is 9.36 Å². The molecule has 0 atom stereocenters. The van der Waals surface area contributed by atoms with Gasteiger partial charge < -0.3 is 4.90 Å². The fourth-order valence-electron chi connectivity index (χ4n) is 3.26. The highest BCUT2D eigenvalue weighted by molar-refractivity contribution is 7.22. The minimum absolute atomic E-state index is 0.0672. The fraction of sp³-hybridized carbons (Fsp3) is 0.389. The van der Waals surface area contributed by atoms with Gasteiger partial charge in [-0.2, -0.15) is 0 Å². The van der Waals surface area contributed by atoms with Crippen LogP contribution in [0.2, 0.25) is 0 Å². The third kappa shape index (κ3) is 2.33. The summed E-state index contributed by atoms with van der Waals surface area (Å²) in [5.74, 6) is 0.778. The summed E-state index contributed by atoms with van der Waals surface area (Å²) in [4.78, 5) is 24.2. The molecule has 0 saturated heterocycles. The SMILES string of the molecule is CCc1cccc2sc(N3CCc4nc(C)n(C)c(=O)c4C3)nc12. The van der Waals surface area contributed by atoms with E-state index in [1.165, 1.54) is 10.3 Å². The van der Waals surface area contributed by atoms with Gasteiger partial charge in [0.1, 0.15) is 5.82 Å². The summed E-state index contributed by atoms with van der Waals surface area (Å²) >= 11 is 1.71. The van der Waals surface area contributed by atoms with Crippen molar-refractivity contribution in [2.75, 3.05) is 11.4 Å². The number of aryl methyl sites for hydroxylation is 2. The van der Waals surface area contributed by atoms with E-state index in [2.05, 4.69) is 35.0 Å². The summed E-state index contributed by atoms with van der Waals surface area (Å²) in [6, 6.07) is 6.36. The number of aromatic nitrogens is 3. The van der Waals surface area contributed by atoms with Gasteiger partial charge in [0.05, 0.1) is 28.0 Å². The van der Waals surface area contributed by atoms with Crippen LogP contribution in [0.5, 0.6) is 0 Å². The molecule has 1 aliphatic rings. The smallest absolute Gasteiger partial charge is 0.258 e. The van der Waals surface area contributed by atoms with Crippen LogP contribution in [0.1, 0.15) is 29.6 Å². The monoisotopic (exact) mass is 340 g/mol. The lowest BCUT2D eigenvalue weighted by Gasteiger charge is -2.27. The van der Waals surface area contributed by atoms with Crippen LogP contribution in [0.3, 0.4) is 0 Å². The van der Waals surface area contributed by atoms with Crippen molar-refractivity contribution in [2.45, 2.75) is 33.2 Å². The number of benzene rings is 1. The van der Waals surface area contributed by atoms with Crippen molar-refractivity contribution in [1.82, 2.24) is 14.5 Å². The van der Waals surface area contributed by atoms with E-state index in [9.17, 15) is 4.79 Å². The first kappa shape index (κ1) is 15.3. The molecule has 24 heavy (non-hydrogen) atoms. The van der Waals surface area contributed by atoms with Crippen molar-refractivity contribution in [1.29, 1.82) is 0 Å². The molecule has 1 aromatic carbocycles. The van der Waals surface area contributed by atoms with Crippen LogP contribution in [0.15, 0.2) is 23.0 Å². The van der Waals surface area contributed by atoms with Crippen LogP contribution in [0, 0.1) is 6.92 Å².